The quantitative estimate of drug-likeness (QED) is 0.789. The molecular weight excluding hydrogens is 224 g/mol. The molecule has 0 aliphatic carbocycles. The summed E-state index contributed by atoms with van der Waals surface area (Å²) in [7, 11) is -3.19. The lowest BCUT2D eigenvalue weighted by Crippen LogP contribution is -2.18. The van der Waals surface area contributed by atoms with Gasteiger partial charge >= 0.3 is 0 Å². The highest BCUT2D eigenvalue weighted by atomic mass is 32.2. The van der Waals surface area contributed by atoms with Crippen molar-refractivity contribution in [3.8, 4) is 0 Å². The maximum absolute atomic E-state index is 11.9. The summed E-state index contributed by atoms with van der Waals surface area (Å²) in [6.07, 6.45) is 0. The minimum atomic E-state index is -3.19. The Hall–Kier alpha value is -1.16. The summed E-state index contributed by atoms with van der Waals surface area (Å²) in [5, 5.41) is 0. The van der Waals surface area contributed by atoms with Gasteiger partial charge in [-0.25, -0.2) is 8.42 Å². The highest BCUT2D eigenvalue weighted by molar-refractivity contribution is 7.91. The van der Waals surface area contributed by atoms with Crippen LogP contribution in [0.2, 0.25) is 0 Å². The predicted molar refractivity (Wildman–Crippen MR) is 61.1 cm³/mol. The average Bonchev–Trinajstić information content (AvgIpc) is 2.51. The molecule has 0 saturated carbocycles. The van der Waals surface area contributed by atoms with Crippen LogP contribution >= 0.6 is 0 Å². The zero-order chi connectivity index (χ0) is 11.9. The topological polar surface area (TPSA) is 51.2 Å². The van der Waals surface area contributed by atoms with E-state index in [1.807, 2.05) is 12.1 Å². The molecule has 0 N–H and O–H groups in total. The zero-order valence-electron chi connectivity index (χ0n) is 9.30. The zero-order valence-corrected chi connectivity index (χ0v) is 10.1. The highest BCUT2D eigenvalue weighted by Crippen LogP contribution is 2.39. The molecular formula is C12H14O3S. The summed E-state index contributed by atoms with van der Waals surface area (Å²) in [6.45, 7) is 3.31. The van der Waals surface area contributed by atoms with Crippen molar-refractivity contribution in [2.45, 2.75) is 24.7 Å². The molecule has 0 amide bonds. The Bertz CT molecular complexity index is 531. The van der Waals surface area contributed by atoms with Gasteiger partial charge in [0, 0.05) is 11.8 Å². The molecule has 0 radical (unpaired) electrons. The number of rotatable bonds is 2. The fourth-order valence-corrected chi connectivity index (χ4v) is 4.17. The second kappa shape index (κ2) is 3.70. The summed E-state index contributed by atoms with van der Waals surface area (Å²) >= 11 is 0. The van der Waals surface area contributed by atoms with Gasteiger partial charge in [-0.05, 0) is 18.6 Å². The molecule has 16 heavy (non-hydrogen) atoms. The Morgan fingerprint density at radius 3 is 2.62 bits per heavy atom. The maximum Gasteiger partial charge on any atom is 0.179 e. The van der Waals surface area contributed by atoms with Crippen molar-refractivity contribution in [3.63, 3.8) is 0 Å². The van der Waals surface area contributed by atoms with Crippen LogP contribution in [0.15, 0.2) is 29.2 Å². The van der Waals surface area contributed by atoms with Crippen LogP contribution in [0.1, 0.15) is 25.3 Å². The molecule has 0 saturated heterocycles. The summed E-state index contributed by atoms with van der Waals surface area (Å²) in [5.41, 5.74) is 0.796. The first kappa shape index (κ1) is 11.3. The normalized spacial score (nSPS) is 23.8. The Morgan fingerprint density at radius 1 is 1.38 bits per heavy atom. The lowest BCUT2D eigenvalue weighted by molar-refractivity contribution is -0.120. The molecule has 86 valence electrons. The van der Waals surface area contributed by atoms with Crippen LogP contribution in [0.3, 0.4) is 0 Å². The van der Waals surface area contributed by atoms with Crippen molar-refractivity contribution in [1.29, 1.82) is 0 Å². The Kier molecular flexibility index (Phi) is 2.62. The van der Waals surface area contributed by atoms with Gasteiger partial charge in [0.05, 0.1) is 10.6 Å². The number of ketones is 1. The van der Waals surface area contributed by atoms with E-state index in [4.69, 9.17) is 0 Å². The van der Waals surface area contributed by atoms with E-state index >= 15 is 0 Å². The number of hydrogen-bond donors (Lipinski definition) is 0. The summed E-state index contributed by atoms with van der Waals surface area (Å²) < 4.78 is 23.8. The molecule has 2 rings (SSSR count). The molecule has 1 aromatic rings. The molecule has 1 heterocycles. The molecule has 3 nitrogen and oxygen atoms in total. The van der Waals surface area contributed by atoms with E-state index in [9.17, 15) is 13.2 Å². The maximum atomic E-state index is 11.9. The first-order valence-corrected chi connectivity index (χ1v) is 6.91. The lowest BCUT2D eigenvalue weighted by Gasteiger charge is -2.15. The standard InChI is InChI=1S/C12H14O3S/c1-8(9(2)13)11-7-16(14,15)12-6-4-3-5-10(11)12/h3-6,8,11H,7H2,1-2H3. The van der Waals surface area contributed by atoms with E-state index < -0.39 is 9.84 Å². The van der Waals surface area contributed by atoms with Crippen LogP contribution in [0.5, 0.6) is 0 Å². The van der Waals surface area contributed by atoms with Gasteiger partial charge in [0.2, 0.25) is 0 Å². The van der Waals surface area contributed by atoms with E-state index in [2.05, 4.69) is 0 Å². The van der Waals surface area contributed by atoms with Crippen molar-refractivity contribution in [2.75, 3.05) is 5.75 Å². The van der Waals surface area contributed by atoms with E-state index in [1.54, 1.807) is 19.1 Å². The van der Waals surface area contributed by atoms with Crippen LogP contribution in [-0.4, -0.2) is 20.0 Å². The Balaban J connectivity index is 2.53. The number of Topliss-reactive ketones (excluding diaryl/α,β-unsaturated/α-hetero) is 1. The molecule has 1 aliphatic heterocycles. The van der Waals surface area contributed by atoms with Crippen LogP contribution in [0, 0.1) is 5.92 Å². The van der Waals surface area contributed by atoms with Gasteiger partial charge in [-0.1, -0.05) is 25.1 Å². The lowest BCUT2D eigenvalue weighted by atomic mass is 9.87. The summed E-state index contributed by atoms with van der Waals surface area (Å²) in [5.74, 6) is -0.318. The fraction of sp³-hybridized carbons (Fsp3) is 0.417. The van der Waals surface area contributed by atoms with Gasteiger partial charge in [-0.15, -0.1) is 0 Å². The number of carbonyl (C=O) groups excluding carboxylic acids is 1. The van der Waals surface area contributed by atoms with Crippen LogP contribution < -0.4 is 0 Å². The molecule has 4 heteroatoms. The third kappa shape index (κ3) is 1.67. The fourth-order valence-electron chi connectivity index (χ4n) is 2.18. The van der Waals surface area contributed by atoms with E-state index in [1.165, 1.54) is 6.92 Å². The van der Waals surface area contributed by atoms with Gasteiger partial charge in [-0.3, -0.25) is 4.79 Å². The monoisotopic (exact) mass is 238 g/mol. The van der Waals surface area contributed by atoms with E-state index in [0.29, 0.717) is 4.90 Å². The molecule has 2 atom stereocenters. The number of carbonyl (C=O) groups is 1. The second-order valence-electron chi connectivity index (χ2n) is 4.33. The third-order valence-corrected chi connectivity index (χ3v) is 5.14. The third-order valence-electron chi connectivity index (χ3n) is 3.30. The minimum absolute atomic E-state index is 0.0388. The molecule has 0 aromatic heterocycles. The number of sulfone groups is 1. The van der Waals surface area contributed by atoms with Gasteiger partial charge in [0.25, 0.3) is 0 Å². The Labute approximate surface area is 95.4 Å². The highest BCUT2D eigenvalue weighted by Gasteiger charge is 2.38. The van der Waals surface area contributed by atoms with Crippen molar-refractivity contribution in [2.24, 2.45) is 5.92 Å². The smallest absolute Gasteiger partial charge is 0.179 e. The minimum Gasteiger partial charge on any atom is -0.300 e. The van der Waals surface area contributed by atoms with Gasteiger partial charge < -0.3 is 0 Å². The van der Waals surface area contributed by atoms with Gasteiger partial charge in [-0.2, -0.15) is 0 Å². The number of hydrogen-bond acceptors (Lipinski definition) is 3. The molecule has 1 aromatic carbocycles. The van der Waals surface area contributed by atoms with Crippen molar-refractivity contribution in [1.82, 2.24) is 0 Å². The van der Waals surface area contributed by atoms with E-state index in [-0.39, 0.29) is 23.4 Å². The van der Waals surface area contributed by atoms with Crippen LogP contribution in [0.25, 0.3) is 0 Å². The first-order valence-electron chi connectivity index (χ1n) is 5.25. The van der Waals surface area contributed by atoms with Crippen LogP contribution in [-0.2, 0) is 14.6 Å². The van der Waals surface area contributed by atoms with Crippen molar-refractivity contribution in [3.05, 3.63) is 29.8 Å². The molecule has 0 spiro atoms. The largest absolute Gasteiger partial charge is 0.300 e. The van der Waals surface area contributed by atoms with Gasteiger partial charge in [0.15, 0.2) is 9.84 Å². The number of fused-ring (bicyclic) bond motifs is 1. The second-order valence-corrected chi connectivity index (χ2v) is 6.33. The molecule has 0 fully saturated rings. The average molecular weight is 238 g/mol. The number of benzene rings is 1. The first-order chi connectivity index (χ1) is 7.43. The predicted octanol–water partition coefficient (Wildman–Crippen LogP) is 1.78. The molecule has 0 bridgehead atoms. The summed E-state index contributed by atoms with van der Waals surface area (Å²) in [4.78, 5) is 11.8. The SMILES string of the molecule is CC(=O)C(C)C1CS(=O)(=O)c2ccccc21. The van der Waals surface area contributed by atoms with Crippen molar-refractivity contribution >= 4 is 15.6 Å². The van der Waals surface area contributed by atoms with E-state index in [0.717, 1.165) is 5.56 Å². The van der Waals surface area contributed by atoms with Crippen LogP contribution in [0.4, 0.5) is 0 Å². The molecule has 1 aliphatic rings. The summed E-state index contributed by atoms with van der Waals surface area (Å²) in [6, 6.07) is 6.97. The molecule has 2 unspecified atom stereocenters. The van der Waals surface area contributed by atoms with Gasteiger partial charge in [0.1, 0.15) is 5.78 Å². The Morgan fingerprint density at radius 2 is 2.00 bits per heavy atom. The van der Waals surface area contributed by atoms with Crippen molar-refractivity contribution < 1.29 is 13.2 Å².